The minimum absolute atomic E-state index is 0.512. The summed E-state index contributed by atoms with van der Waals surface area (Å²) in [6.45, 7) is 19.6. The number of rotatable bonds is 4. The van der Waals surface area contributed by atoms with Crippen LogP contribution in [0.3, 0.4) is 0 Å². The second kappa shape index (κ2) is 4.03. The molecule has 0 aromatic carbocycles. The van der Waals surface area contributed by atoms with Crippen LogP contribution in [-0.4, -0.2) is 0 Å². The third-order valence-corrected chi connectivity index (χ3v) is 6.85. The normalized spacial score (nSPS) is 45.6. The Kier molecular flexibility index (Phi) is 3.54. The maximum Gasteiger partial charge on any atom is -0.0190 e. The van der Waals surface area contributed by atoms with Crippen LogP contribution in [-0.2, 0) is 0 Å². The van der Waals surface area contributed by atoms with E-state index in [-0.39, 0.29) is 0 Å². The highest BCUT2D eigenvalue weighted by molar-refractivity contribution is 5.16. The van der Waals surface area contributed by atoms with Gasteiger partial charge in [-0.3, -0.25) is 0 Å². The van der Waals surface area contributed by atoms with Gasteiger partial charge in [0.15, 0.2) is 0 Å². The van der Waals surface area contributed by atoms with Gasteiger partial charge in [0.05, 0.1) is 0 Å². The molecule has 0 saturated heterocycles. The fraction of sp³-hybridized carbons (Fsp3) is 1.00. The van der Waals surface area contributed by atoms with E-state index < -0.39 is 0 Å². The third kappa shape index (κ3) is 1.41. The monoisotopic (exact) mass is 224 g/mol. The molecule has 0 amide bonds. The standard InChI is InChI=1S/C16H32/c1-9-13(5)16(8)14(6,10-2)11-15(16,7)12(3)4/h12-13H,9-11H2,1-8H3. The van der Waals surface area contributed by atoms with Crippen LogP contribution in [0.2, 0.25) is 0 Å². The lowest BCUT2D eigenvalue weighted by molar-refractivity contribution is -0.244. The Morgan fingerprint density at radius 2 is 1.50 bits per heavy atom. The molecule has 0 heterocycles. The van der Waals surface area contributed by atoms with Crippen molar-refractivity contribution in [3.05, 3.63) is 0 Å². The lowest BCUT2D eigenvalue weighted by Crippen LogP contribution is -2.66. The molecule has 0 aromatic rings. The van der Waals surface area contributed by atoms with E-state index in [2.05, 4.69) is 55.4 Å². The van der Waals surface area contributed by atoms with Gasteiger partial charge in [0.1, 0.15) is 0 Å². The van der Waals surface area contributed by atoms with E-state index >= 15 is 0 Å². The van der Waals surface area contributed by atoms with Gasteiger partial charge in [0.25, 0.3) is 0 Å². The molecule has 0 spiro atoms. The summed E-state index contributed by atoms with van der Waals surface area (Å²) in [6, 6.07) is 0. The van der Waals surface area contributed by atoms with E-state index in [9.17, 15) is 0 Å². The summed E-state index contributed by atoms with van der Waals surface area (Å²) >= 11 is 0. The predicted octanol–water partition coefficient (Wildman–Crippen LogP) is 5.52. The lowest BCUT2D eigenvalue weighted by atomic mass is 9.32. The molecule has 1 fully saturated rings. The van der Waals surface area contributed by atoms with Crippen molar-refractivity contribution in [1.29, 1.82) is 0 Å². The van der Waals surface area contributed by atoms with Gasteiger partial charge in [0.2, 0.25) is 0 Å². The van der Waals surface area contributed by atoms with Gasteiger partial charge in [-0.05, 0) is 34.5 Å². The summed E-state index contributed by atoms with van der Waals surface area (Å²) in [7, 11) is 0. The van der Waals surface area contributed by atoms with Gasteiger partial charge >= 0.3 is 0 Å². The molecule has 1 rings (SSSR count). The largest absolute Gasteiger partial charge is 0.0651 e. The van der Waals surface area contributed by atoms with Crippen LogP contribution < -0.4 is 0 Å². The molecule has 4 unspecified atom stereocenters. The van der Waals surface area contributed by atoms with Gasteiger partial charge in [-0.1, -0.05) is 68.2 Å². The van der Waals surface area contributed by atoms with Crippen LogP contribution in [0, 0.1) is 28.1 Å². The maximum absolute atomic E-state index is 2.56. The minimum atomic E-state index is 0.512. The molecule has 16 heavy (non-hydrogen) atoms. The zero-order valence-electron chi connectivity index (χ0n) is 12.8. The highest BCUT2D eigenvalue weighted by Gasteiger charge is 2.67. The molecule has 0 radical (unpaired) electrons. The smallest absolute Gasteiger partial charge is 0.0190 e. The van der Waals surface area contributed by atoms with E-state index in [1.54, 1.807) is 0 Å². The molecule has 0 nitrogen and oxygen atoms in total. The van der Waals surface area contributed by atoms with Crippen molar-refractivity contribution >= 4 is 0 Å². The van der Waals surface area contributed by atoms with Gasteiger partial charge in [0, 0.05) is 0 Å². The molecule has 1 aliphatic rings. The molecule has 96 valence electrons. The quantitative estimate of drug-likeness (QED) is 0.589. The summed E-state index contributed by atoms with van der Waals surface area (Å²) in [4.78, 5) is 0. The molecule has 0 aliphatic heterocycles. The van der Waals surface area contributed by atoms with Gasteiger partial charge < -0.3 is 0 Å². The Balaban J connectivity index is 3.13. The van der Waals surface area contributed by atoms with Crippen molar-refractivity contribution < 1.29 is 0 Å². The topological polar surface area (TPSA) is 0 Å². The van der Waals surface area contributed by atoms with Gasteiger partial charge in [-0.15, -0.1) is 0 Å². The fourth-order valence-corrected chi connectivity index (χ4v) is 4.62. The molecule has 0 aromatic heterocycles. The summed E-state index contributed by atoms with van der Waals surface area (Å²) in [6.07, 6.45) is 4.06. The zero-order chi connectivity index (χ0) is 12.8. The van der Waals surface area contributed by atoms with Crippen molar-refractivity contribution in [3.63, 3.8) is 0 Å². The molecule has 0 heteroatoms. The van der Waals surface area contributed by atoms with Crippen LogP contribution in [0.5, 0.6) is 0 Å². The van der Waals surface area contributed by atoms with Crippen molar-refractivity contribution in [2.75, 3.05) is 0 Å². The minimum Gasteiger partial charge on any atom is -0.0651 e. The first-order valence-electron chi connectivity index (χ1n) is 7.19. The first-order chi connectivity index (χ1) is 7.19. The van der Waals surface area contributed by atoms with Gasteiger partial charge in [-0.25, -0.2) is 0 Å². The van der Waals surface area contributed by atoms with E-state index in [0.717, 1.165) is 11.8 Å². The molecule has 4 atom stereocenters. The average molecular weight is 224 g/mol. The van der Waals surface area contributed by atoms with Crippen LogP contribution in [0.1, 0.15) is 74.7 Å². The van der Waals surface area contributed by atoms with E-state index in [1.165, 1.54) is 19.3 Å². The molecule has 1 aliphatic carbocycles. The highest BCUT2D eigenvalue weighted by Crippen LogP contribution is 2.74. The maximum atomic E-state index is 2.56. The second-order valence-electron chi connectivity index (χ2n) is 7.17. The summed E-state index contributed by atoms with van der Waals surface area (Å²) in [5.41, 5.74) is 1.60. The first-order valence-corrected chi connectivity index (χ1v) is 7.19. The predicted molar refractivity (Wildman–Crippen MR) is 73.5 cm³/mol. The summed E-state index contributed by atoms with van der Waals surface area (Å²) in [5, 5.41) is 0. The van der Waals surface area contributed by atoms with Crippen LogP contribution in [0.25, 0.3) is 0 Å². The Morgan fingerprint density at radius 1 is 1.00 bits per heavy atom. The molecular formula is C16H32. The number of hydrogen-bond donors (Lipinski definition) is 0. The molecule has 1 saturated carbocycles. The molecular weight excluding hydrogens is 192 g/mol. The van der Waals surface area contributed by atoms with E-state index in [4.69, 9.17) is 0 Å². The Morgan fingerprint density at radius 3 is 1.81 bits per heavy atom. The van der Waals surface area contributed by atoms with Gasteiger partial charge in [-0.2, -0.15) is 0 Å². The van der Waals surface area contributed by atoms with Crippen LogP contribution >= 0.6 is 0 Å². The Labute approximate surface area is 103 Å². The zero-order valence-corrected chi connectivity index (χ0v) is 12.8. The van der Waals surface area contributed by atoms with Crippen molar-refractivity contribution in [2.24, 2.45) is 28.1 Å². The van der Waals surface area contributed by atoms with Crippen LogP contribution in [0.4, 0.5) is 0 Å². The van der Waals surface area contributed by atoms with E-state index in [0.29, 0.717) is 16.2 Å². The van der Waals surface area contributed by atoms with E-state index in [1.807, 2.05) is 0 Å². The highest BCUT2D eigenvalue weighted by atomic mass is 14.7. The Bertz CT molecular complexity index is 255. The van der Waals surface area contributed by atoms with Crippen molar-refractivity contribution in [2.45, 2.75) is 74.7 Å². The second-order valence-corrected chi connectivity index (χ2v) is 7.17. The summed E-state index contributed by atoms with van der Waals surface area (Å²) < 4.78 is 0. The first kappa shape index (κ1) is 14.1. The van der Waals surface area contributed by atoms with Crippen molar-refractivity contribution in [1.82, 2.24) is 0 Å². The van der Waals surface area contributed by atoms with Crippen molar-refractivity contribution in [3.8, 4) is 0 Å². The van der Waals surface area contributed by atoms with Crippen LogP contribution in [0.15, 0.2) is 0 Å². The fourth-order valence-electron chi connectivity index (χ4n) is 4.62. The average Bonchev–Trinajstić information content (AvgIpc) is 2.25. The molecule has 0 bridgehead atoms. The molecule has 0 N–H and O–H groups in total. The summed E-state index contributed by atoms with van der Waals surface area (Å²) in [5.74, 6) is 1.63. The lowest BCUT2D eigenvalue weighted by Gasteiger charge is -2.73. The Hall–Kier alpha value is 0. The SMILES string of the molecule is CCC(C)C1(C)C(C)(CC)CC1(C)C(C)C. The third-order valence-electron chi connectivity index (χ3n) is 6.85. The number of hydrogen-bond acceptors (Lipinski definition) is 0.